The van der Waals surface area contributed by atoms with Gasteiger partial charge in [0.25, 0.3) is 0 Å². The summed E-state index contributed by atoms with van der Waals surface area (Å²) in [5.74, 6) is -3.59. The Morgan fingerprint density at radius 1 is 1.12 bits per heavy atom. The van der Waals surface area contributed by atoms with E-state index in [1.807, 2.05) is 24.3 Å². The molecule has 1 aliphatic carbocycles. The summed E-state index contributed by atoms with van der Waals surface area (Å²) >= 11 is 0. The number of hydrogen-bond donors (Lipinski definition) is 1. The van der Waals surface area contributed by atoms with E-state index in [0.29, 0.717) is 40.6 Å². The van der Waals surface area contributed by atoms with Crippen LogP contribution >= 0.6 is 0 Å². The van der Waals surface area contributed by atoms with Crippen LogP contribution in [-0.4, -0.2) is 26.8 Å². The Morgan fingerprint density at radius 3 is 2.41 bits per heavy atom. The molecule has 1 N–H and O–H groups in total. The van der Waals surface area contributed by atoms with Crippen LogP contribution in [0.1, 0.15) is 71.3 Å². The molecule has 0 spiro atoms. The van der Waals surface area contributed by atoms with Gasteiger partial charge in [0.15, 0.2) is 5.69 Å². The third-order valence-electron chi connectivity index (χ3n) is 7.03. The first kappa shape index (κ1) is 29.8. The number of halogens is 5. The zero-order valence-electron chi connectivity index (χ0n) is 22.3. The van der Waals surface area contributed by atoms with Crippen molar-refractivity contribution in [2.24, 2.45) is 0 Å². The average molecular weight is 573 g/mol. The number of rotatable bonds is 9. The molecule has 3 aromatic rings. The third kappa shape index (κ3) is 7.31. The van der Waals surface area contributed by atoms with Gasteiger partial charge in [-0.2, -0.15) is 18.3 Å². The summed E-state index contributed by atoms with van der Waals surface area (Å²) in [7, 11) is 0. The zero-order valence-corrected chi connectivity index (χ0v) is 22.3. The van der Waals surface area contributed by atoms with E-state index in [-0.39, 0.29) is 31.1 Å². The minimum Gasteiger partial charge on any atom is -0.488 e. The van der Waals surface area contributed by atoms with Gasteiger partial charge in [0.2, 0.25) is 5.92 Å². The first-order valence-electron chi connectivity index (χ1n) is 13.0. The summed E-state index contributed by atoms with van der Waals surface area (Å²) in [4.78, 5) is 11.2. The lowest BCUT2D eigenvalue weighted by atomic mass is 9.82. The number of nitrogens with zero attached hydrogens (tertiary/aromatic N) is 2. The average Bonchev–Trinajstić information content (AvgIpc) is 3.39. The van der Waals surface area contributed by atoms with Crippen LogP contribution in [0.15, 0.2) is 79.5 Å². The minimum absolute atomic E-state index is 0.0591. The SMILES string of the molecule is C=C(/C=C\C=C(/C)n1ncc(C(=O)O)c1C(F)(F)F)c1ccccc1OCc1ccc(C2CCC(F)(F)CC2)cc1. The van der Waals surface area contributed by atoms with Gasteiger partial charge in [-0.25, -0.2) is 18.3 Å². The highest BCUT2D eigenvalue weighted by molar-refractivity contribution is 5.89. The number of aromatic nitrogens is 2. The van der Waals surface area contributed by atoms with E-state index >= 15 is 0 Å². The second-order valence-electron chi connectivity index (χ2n) is 9.97. The van der Waals surface area contributed by atoms with Crippen molar-refractivity contribution < 1.29 is 36.6 Å². The third-order valence-corrected chi connectivity index (χ3v) is 7.03. The fourth-order valence-corrected chi connectivity index (χ4v) is 4.79. The molecule has 0 aliphatic heterocycles. The van der Waals surface area contributed by atoms with Gasteiger partial charge in [0, 0.05) is 24.1 Å². The molecule has 10 heteroatoms. The molecule has 5 nitrogen and oxygen atoms in total. The van der Waals surface area contributed by atoms with Crippen LogP contribution in [0.4, 0.5) is 22.0 Å². The van der Waals surface area contributed by atoms with Crippen molar-refractivity contribution in [2.75, 3.05) is 0 Å². The number of para-hydroxylation sites is 1. The van der Waals surface area contributed by atoms with E-state index in [2.05, 4.69) is 11.7 Å². The van der Waals surface area contributed by atoms with Crippen molar-refractivity contribution in [3.8, 4) is 5.75 Å². The summed E-state index contributed by atoms with van der Waals surface area (Å²) in [5, 5.41) is 12.7. The molecule has 216 valence electrons. The number of carbonyl (C=O) groups is 1. The van der Waals surface area contributed by atoms with Crippen LogP contribution in [0.5, 0.6) is 5.75 Å². The molecule has 1 fully saturated rings. The first-order valence-corrected chi connectivity index (χ1v) is 13.0. The Hall–Kier alpha value is -4.21. The second kappa shape index (κ2) is 12.1. The van der Waals surface area contributed by atoms with Gasteiger partial charge < -0.3 is 9.84 Å². The Bertz CT molecular complexity index is 1460. The topological polar surface area (TPSA) is 64.4 Å². The van der Waals surface area contributed by atoms with Gasteiger partial charge in [0.05, 0.1) is 6.20 Å². The standard InChI is InChI=1S/C31H29F5N2O3/c1-20(6-5-7-21(2)38-28(31(34,35)36)26(18-37-38)29(39)40)25-8-3-4-9-27(25)41-19-22-10-12-23(13-11-22)24-14-16-30(32,33)17-15-24/h3-13,18,24H,1,14-17,19H2,2H3,(H,39,40)/b6-5-,21-7+. The molecule has 0 amide bonds. The van der Waals surface area contributed by atoms with Gasteiger partial charge in [-0.05, 0) is 54.5 Å². The summed E-state index contributed by atoms with van der Waals surface area (Å²) in [6, 6.07) is 14.9. The fraction of sp³-hybridized carbons (Fsp3) is 0.290. The Labute approximate surface area is 234 Å². The molecule has 41 heavy (non-hydrogen) atoms. The van der Waals surface area contributed by atoms with Gasteiger partial charge >= 0.3 is 12.1 Å². The van der Waals surface area contributed by atoms with Crippen molar-refractivity contribution in [3.05, 3.63) is 107 Å². The molecule has 0 saturated heterocycles. The predicted octanol–water partition coefficient (Wildman–Crippen LogP) is 8.60. The molecule has 1 aliphatic rings. The maximum Gasteiger partial charge on any atom is 0.434 e. The number of ether oxygens (including phenoxy) is 1. The van der Waals surface area contributed by atoms with Crippen LogP contribution in [0.25, 0.3) is 11.3 Å². The Morgan fingerprint density at radius 2 is 1.78 bits per heavy atom. The van der Waals surface area contributed by atoms with Gasteiger partial charge in [0.1, 0.15) is 17.9 Å². The summed E-state index contributed by atoms with van der Waals surface area (Å²) < 4.78 is 74.0. The lowest BCUT2D eigenvalue weighted by Crippen LogP contribution is -2.23. The highest BCUT2D eigenvalue weighted by Crippen LogP contribution is 2.41. The van der Waals surface area contributed by atoms with Crippen molar-refractivity contribution in [1.82, 2.24) is 9.78 Å². The summed E-state index contributed by atoms with van der Waals surface area (Å²) in [5.41, 5.74) is 0.933. The van der Waals surface area contributed by atoms with E-state index in [1.165, 1.54) is 19.1 Å². The predicted molar refractivity (Wildman–Crippen MR) is 146 cm³/mol. The van der Waals surface area contributed by atoms with Crippen LogP contribution in [0.2, 0.25) is 0 Å². The van der Waals surface area contributed by atoms with Crippen molar-refractivity contribution in [1.29, 1.82) is 0 Å². The molecule has 4 rings (SSSR count). The van der Waals surface area contributed by atoms with E-state index < -0.39 is 29.3 Å². The van der Waals surface area contributed by atoms with Crippen molar-refractivity contribution in [3.63, 3.8) is 0 Å². The van der Waals surface area contributed by atoms with Crippen LogP contribution in [0, 0.1) is 0 Å². The van der Waals surface area contributed by atoms with Crippen molar-refractivity contribution in [2.45, 2.75) is 57.2 Å². The lowest BCUT2D eigenvalue weighted by Gasteiger charge is -2.28. The zero-order chi connectivity index (χ0) is 29.8. The normalized spacial score (nSPS) is 16.2. The van der Waals surface area contributed by atoms with Gasteiger partial charge in [-0.3, -0.25) is 0 Å². The minimum atomic E-state index is -4.91. The molecule has 2 aromatic carbocycles. The molecule has 0 radical (unpaired) electrons. The molecule has 0 unspecified atom stereocenters. The van der Waals surface area contributed by atoms with E-state index in [1.54, 1.807) is 30.3 Å². The lowest BCUT2D eigenvalue weighted by molar-refractivity contribution is -0.143. The number of carboxylic acid groups (broad SMARTS) is 1. The van der Waals surface area contributed by atoms with Gasteiger partial charge in [-0.15, -0.1) is 0 Å². The summed E-state index contributed by atoms with van der Waals surface area (Å²) in [6.07, 6.45) is 0.995. The van der Waals surface area contributed by atoms with E-state index in [4.69, 9.17) is 9.84 Å². The second-order valence-corrected chi connectivity index (χ2v) is 9.97. The number of carboxylic acids is 1. The number of allylic oxidation sites excluding steroid dienone is 5. The highest BCUT2D eigenvalue weighted by Gasteiger charge is 2.40. The Kier molecular flexibility index (Phi) is 8.80. The van der Waals surface area contributed by atoms with E-state index in [9.17, 15) is 26.7 Å². The monoisotopic (exact) mass is 572 g/mol. The molecule has 0 atom stereocenters. The maximum absolute atomic E-state index is 13.5. The maximum atomic E-state index is 13.5. The molecular formula is C31H29F5N2O3. The van der Waals surface area contributed by atoms with Crippen molar-refractivity contribution >= 4 is 17.2 Å². The Balaban J connectivity index is 1.42. The molecular weight excluding hydrogens is 543 g/mol. The van der Waals surface area contributed by atoms with Crippen LogP contribution < -0.4 is 4.74 Å². The number of aromatic carboxylic acids is 1. The number of hydrogen-bond acceptors (Lipinski definition) is 3. The first-order chi connectivity index (χ1) is 19.4. The highest BCUT2D eigenvalue weighted by atomic mass is 19.4. The van der Waals surface area contributed by atoms with E-state index in [0.717, 1.165) is 11.1 Å². The van der Waals surface area contributed by atoms with Crippen LogP contribution in [-0.2, 0) is 12.8 Å². The van der Waals surface area contributed by atoms with Crippen LogP contribution in [0.3, 0.4) is 0 Å². The van der Waals surface area contributed by atoms with Gasteiger partial charge in [-0.1, -0.05) is 61.2 Å². The molecule has 1 aromatic heterocycles. The summed E-state index contributed by atoms with van der Waals surface area (Å²) in [6.45, 7) is 5.69. The molecule has 0 bridgehead atoms. The quantitative estimate of drug-likeness (QED) is 0.206. The number of alkyl halides is 5. The molecule has 1 saturated carbocycles. The largest absolute Gasteiger partial charge is 0.488 e. The smallest absolute Gasteiger partial charge is 0.434 e. The number of benzene rings is 2. The fourth-order valence-electron chi connectivity index (χ4n) is 4.79. The molecule has 1 heterocycles.